The summed E-state index contributed by atoms with van der Waals surface area (Å²) in [6, 6.07) is 14.3. The smallest absolute Gasteiger partial charge is 0.262 e. The summed E-state index contributed by atoms with van der Waals surface area (Å²) in [7, 11) is -3.71. The lowest BCUT2D eigenvalue weighted by Crippen LogP contribution is -2.32. The number of sulfonamides is 1. The second kappa shape index (κ2) is 7.63. The first kappa shape index (κ1) is 18.5. The van der Waals surface area contributed by atoms with Gasteiger partial charge in [0.1, 0.15) is 5.84 Å². The van der Waals surface area contributed by atoms with Gasteiger partial charge in [-0.05, 0) is 42.7 Å². The van der Waals surface area contributed by atoms with Crippen LogP contribution in [0.4, 0.5) is 11.4 Å². The Morgan fingerprint density at radius 3 is 2.79 bits per heavy atom. The molecular formula is C20H22N4O3S. The minimum atomic E-state index is -3.71. The normalized spacial score (nSPS) is 15.9. The second-order valence-corrected chi connectivity index (χ2v) is 8.60. The largest absolute Gasteiger partial charge is 0.362 e. The zero-order valence-electron chi connectivity index (χ0n) is 15.4. The molecule has 8 heteroatoms. The Morgan fingerprint density at radius 1 is 1.11 bits per heavy atom. The summed E-state index contributed by atoms with van der Waals surface area (Å²) in [5, 5.41) is 2.80. The molecule has 0 saturated carbocycles. The number of amides is 1. The van der Waals surface area contributed by atoms with Crippen molar-refractivity contribution in [2.24, 2.45) is 4.99 Å². The monoisotopic (exact) mass is 398 g/mol. The molecule has 2 heterocycles. The van der Waals surface area contributed by atoms with E-state index in [4.69, 9.17) is 0 Å². The van der Waals surface area contributed by atoms with Crippen LogP contribution < -0.4 is 14.9 Å². The number of amidine groups is 1. The van der Waals surface area contributed by atoms with Gasteiger partial charge in [0.2, 0.25) is 5.91 Å². The number of anilines is 2. The minimum absolute atomic E-state index is 0.103. The quantitative estimate of drug-likeness (QED) is 0.808. The lowest BCUT2D eigenvalue weighted by molar-refractivity contribution is -0.115. The van der Waals surface area contributed by atoms with Crippen molar-refractivity contribution >= 4 is 33.1 Å². The van der Waals surface area contributed by atoms with Crippen LogP contribution in [0.15, 0.2) is 58.4 Å². The van der Waals surface area contributed by atoms with Gasteiger partial charge in [-0.3, -0.25) is 14.5 Å². The van der Waals surface area contributed by atoms with Crippen LogP contribution in [0.1, 0.15) is 18.4 Å². The second-order valence-electron chi connectivity index (χ2n) is 6.91. The lowest BCUT2D eigenvalue weighted by Gasteiger charge is -2.19. The van der Waals surface area contributed by atoms with Crippen LogP contribution in [0, 0.1) is 0 Å². The first-order chi connectivity index (χ1) is 13.5. The van der Waals surface area contributed by atoms with E-state index < -0.39 is 10.0 Å². The predicted molar refractivity (Wildman–Crippen MR) is 109 cm³/mol. The molecule has 0 spiro atoms. The molecule has 0 fully saturated rings. The van der Waals surface area contributed by atoms with Crippen molar-refractivity contribution in [3.63, 3.8) is 0 Å². The Labute approximate surface area is 164 Å². The minimum Gasteiger partial charge on any atom is -0.362 e. The molecular weight excluding hydrogens is 376 g/mol. The maximum absolute atomic E-state index is 12.5. The fraction of sp³-hybridized carbons (Fsp3) is 0.300. The molecule has 0 bridgehead atoms. The Kier molecular flexibility index (Phi) is 5.04. The highest BCUT2D eigenvalue weighted by Gasteiger charge is 2.21. The van der Waals surface area contributed by atoms with Gasteiger partial charge >= 0.3 is 0 Å². The van der Waals surface area contributed by atoms with E-state index in [1.807, 2.05) is 23.1 Å². The molecule has 1 amide bonds. The molecule has 4 rings (SSSR count). The van der Waals surface area contributed by atoms with Gasteiger partial charge in [0.25, 0.3) is 10.0 Å². The molecule has 28 heavy (non-hydrogen) atoms. The van der Waals surface area contributed by atoms with Crippen molar-refractivity contribution in [3.8, 4) is 0 Å². The van der Waals surface area contributed by atoms with E-state index in [-0.39, 0.29) is 17.3 Å². The average molecular weight is 398 g/mol. The standard InChI is InChI=1S/C20H22N4O3S/c25-20(14-24-12-10-15-5-1-2-8-18(15)24)22-16-6-3-7-17(13-16)28(26,27)23-19-9-4-11-21-19/h1-3,5-8,13H,4,9-12,14H2,(H,21,23)(H,22,25). The summed E-state index contributed by atoms with van der Waals surface area (Å²) in [6.45, 7) is 1.67. The number of rotatable bonds is 5. The molecule has 0 saturated heterocycles. The third-order valence-corrected chi connectivity index (χ3v) is 6.25. The fourth-order valence-electron chi connectivity index (χ4n) is 3.52. The first-order valence-electron chi connectivity index (χ1n) is 9.30. The van der Waals surface area contributed by atoms with E-state index in [0.29, 0.717) is 24.5 Å². The highest BCUT2D eigenvalue weighted by atomic mass is 32.2. The van der Waals surface area contributed by atoms with Gasteiger partial charge < -0.3 is 10.2 Å². The maximum Gasteiger partial charge on any atom is 0.262 e. The van der Waals surface area contributed by atoms with Crippen molar-refractivity contribution < 1.29 is 13.2 Å². The summed E-state index contributed by atoms with van der Waals surface area (Å²) in [5.74, 6) is 0.307. The number of carbonyl (C=O) groups excluding carboxylic acids is 1. The Morgan fingerprint density at radius 2 is 1.96 bits per heavy atom. The van der Waals surface area contributed by atoms with Crippen LogP contribution in [0.5, 0.6) is 0 Å². The Bertz CT molecular complexity index is 1030. The molecule has 0 radical (unpaired) electrons. The van der Waals surface area contributed by atoms with Crippen LogP contribution in [0.2, 0.25) is 0 Å². The van der Waals surface area contributed by atoms with Crippen molar-refractivity contribution in [2.45, 2.75) is 24.2 Å². The van der Waals surface area contributed by atoms with Gasteiger partial charge in [-0.25, -0.2) is 8.42 Å². The molecule has 2 aliphatic heterocycles. The van der Waals surface area contributed by atoms with Gasteiger partial charge in [-0.15, -0.1) is 0 Å². The summed E-state index contributed by atoms with van der Waals surface area (Å²) >= 11 is 0. The molecule has 7 nitrogen and oxygen atoms in total. The van der Waals surface area contributed by atoms with Crippen molar-refractivity contribution in [1.82, 2.24) is 4.72 Å². The van der Waals surface area contributed by atoms with E-state index in [1.54, 1.807) is 12.1 Å². The van der Waals surface area contributed by atoms with Gasteiger partial charge in [0, 0.05) is 30.9 Å². The average Bonchev–Trinajstić information content (AvgIpc) is 3.32. The molecule has 2 aromatic rings. The number of nitrogens with zero attached hydrogens (tertiary/aromatic N) is 2. The number of nitrogens with one attached hydrogen (secondary N) is 2. The summed E-state index contributed by atoms with van der Waals surface area (Å²) in [6.07, 6.45) is 2.41. The van der Waals surface area contributed by atoms with Crippen LogP contribution in [-0.2, 0) is 21.2 Å². The number of hydrogen-bond donors (Lipinski definition) is 2. The lowest BCUT2D eigenvalue weighted by atomic mass is 10.2. The van der Waals surface area contributed by atoms with E-state index in [9.17, 15) is 13.2 Å². The summed E-state index contributed by atoms with van der Waals surface area (Å²) < 4.78 is 27.6. The SMILES string of the molecule is O=C(CN1CCc2ccccc21)Nc1cccc(S(=O)(=O)NC2=NCCC2)c1. The summed E-state index contributed by atoms with van der Waals surface area (Å²) in [5.41, 5.74) is 2.77. The molecule has 146 valence electrons. The third-order valence-electron chi connectivity index (χ3n) is 4.87. The zero-order valence-corrected chi connectivity index (χ0v) is 16.2. The predicted octanol–water partition coefficient (Wildman–Crippen LogP) is 2.16. The number of carbonyl (C=O) groups is 1. The Hall–Kier alpha value is -2.87. The molecule has 0 aliphatic carbocycles. The van der Waals surface area contributed by atoms with Crippen LogP contribution >= 0.6 is 0 Å². The van der Waals surface area contributed by atoms with Gasteiger partial charge in [-0.1, -0.05) is 24.3 Å². The zero-order chi connectivity index (χ0) is 19.6. The van der Waals surface area contributed by atoms with Crippen molar-refractivity contribution in [2.75, 3.05) is 29.9 Å². The fourth-order valence-corrected chi connectivity index (χ4v) is 4.66. The number of aliphatic imine (C=N–C) groups is 1. The number of fused-ring (bicyclic) bond motifs is 1. The highest BCUT2D eigenvalue weighted by molar-refractivity contribution is 7.90. The van der Waals surface area contributed by atoms with E-state index in [0.717, 1.165) is 25.1 Å². The van der Waals surface area contributed by atoms with Crippen LogP contribution in [0.25, 0.3) is 0 Å². The van der Waals surface area contributed by atoms with E-state index >= 15 is 0 Å². The van der Waals surface area contributed by atoms with Crippen LogP contribution in [-0.4, -0.2) is 39.8 Å². The highest BCUT2D eigenvalue weighted by Crippen LogP contribution is 2.27. The van der Waals surface area contributed by atoms with Crippen molar-refractivity contribution in [3.05, 3.63) is 54.1 Å². The first-order valence-corrected chi connectivity index (χ1v) is 10.8. The maximum atomic E-state index is 12.5. The van der Waals surface area contributed by atoms with Gasteiger partial charge in [0.15, 0.2) is 0 Å². The van der Waals surface area contributed by atoms with Gasteiger partial charge in [0.05, 0.1) is 11.4 Å². The number of benzene rings is 2. The molecule has 2 aromatic carbocycles. The van der Waals surface area contributed by atoms with E-state index in [1.165, 1.54) is 17.7 Å². The van der Waals surface area contributed by atoms with E-state index in [2.05, 4.69) is 21.1 Å². The molecule has 2 aliphatic rings. The molecule has 0 unspecified atom stereocenters. The number of para-hydroxylation sites is 1. The van der Waals surface area contributed by atoms with Crippen molar-refractivity contribution in [1.29, 1.82) is 0 Å². The van der Waals surface area contributed by atoms with Gasteiger partial charge in [-0.2, -0.15) is 0 Å². The molecule has 0 atom stereocenters. The Balaban J connectivity index is 1.43. The summed E-state index contributed by atoms with van der Waals surface area (Å²) in [4.78, 5) is 18.8. The molecule has 2 N–H and O–H groups in total. The topological polar surface area (TPSA) is 90.9 Å². The molecule has 0 aromatic heterocycles. The number of hydrogen-bond acceptors (Lipinski definition) is 5. The third kappa shape index (κ3) is 4.01. The van der Waals surface area contributed by atoms with Crippen LogP contribution in [0.3, 0.4) is 0 Å².